The first-order valence-corrected chi connectivity index (χ1v) is 14.1. The van der Waals surface area contributed by atoms with Crippen LogP contribution in [0.4, 0.5) is 8.78 Å². The summed E-state index contributed by atoms with van der Waals surface area (Å²) in [5.41, 5.74) is 2.47. The Morgan fingerprint density at radius 1 is 1.00 bits per heavy atom. The maximum atomic E-state index is 13.8. The van der Waals surface area contributed by atoms with Gasteiger partial charge in [-0.25, -0.2) is 13.6 Å². The summed E-state index contributed by atoms with van der Waals surface area (Å²) in [6, 6.07) is 17.3. The molecular formula is C30H27ClF2LiNO5S. The number of carbonyl (C=O) groups is 2. The predicted molar refractivity (Wildman–Crippen MR) is 152 cm³/mol. The third-order valence-electron chi connectivity index (χ3n) is 6.07. The Labute approximate surface area is 259 Å². The van der Waals surface area contributed by atoms with E-state index in [9.17, 15) is 23.5 Å². The van der Waals surface area contributed by atoms with Gasteiger partial charge in [-0.05, 0) is 96.3 Å². The van der Waals surface area contributed by atoms with Crippen LogP contribution >= 0.6 is 23.4 Å². The van der Waals surface area contributed by atoms with Gasteiger partial charge in [-0.15, -0.1) is 0 Å². The summed E-state index contributed by atoms with van der Waals surface area (Å²) in [7, 11) is 0. The van der Waals surface area contributed by atoms with Gasteiger partial charge in [-0.2, -0.15) is 11.8 Å². The van der Waals surface area contributed by atoms with Crippen molar-refractivity contribution in [2.75, 3.05) is 12.0 Å². The molecule has 3 aromatic carbocycles. The van der Waals surface area contributed by atoms with Gasteiger partial charge in [0.05, 0.1) is 11.6 Å². The smallest absolute Gasteiger partial charge is 1.00 e. The molecule has 2 N–H and O–H groups in total. The maximum Gasteiger partial charge on any atom is 1.00 e. The molecule has 1 unspecified atom stereocenters. The second-order valence-electron chi connectivity index (χ2n) is 8.92. The molecule has 0 aliphatic rings. The average Bonchev–Trinajstić information content (AvgIpc) is 3.40. The van der Waals surface area contributed by atoms with Gasteiger partial charge in [-0.1, -0.05) is 17.7 Å². The summed E-state index contributed by atoms with van der Waals surface area (Å²) in [5.74, 6) is -0.858. The SMILES string of the molecule is CSCCC(NC(=O)c1ccc(COCc2ccc(-c3ccc(F)cc3)o2)cc1-c1ccc(F)cc1Cl)C(=O)O.[H-].[Li+]. The number of rotatable bonds is 12. The Balaban J connectivity index is 0.00000308. The monoisotopic (exact) mass is 593 g/mol. The van der Waals surface area contributed by atoms with Gasteiger partial charge in [0.2, 0.25) is 0 Å². The fourth-order valence-electron chi connectivity index (χ4n) is 4.03. The largest absolute Gasteiger partial charge is 1.00 e. The molecule has 0 aliphatic heterocycles. The molecule has 1 heterocycles. The minimum Gasteiger partial charge on any atom is -1.00 e. The normalized spacial score (nSPS) is 11.5. The van der Waals surface area contributed by atoms with Crippen molar-refractivity contribution in [2.45, 2.75) is 25.7 Å². The maximum absolute atomic E-state index is 13.8. The molecule has 4 aromatic rings. The van der Waals surface area contributed by atoms with Crippen molar-refractivity contribution >= 4 is 35.2 Å². The van der Waals surface area contributed by atoms with Gasteiger partial charge >= 0.3 is 24.8 Å². The summed E-state index contributed by atoms with van der Waals surface area (Å²) < 4.78 is 38.6. The number of carboxylic acids is 1. The van der Waals surface area contributed by atoms with E-state index in [0.29, 0.717) is 34.0 Å². The second kappa shape index (κ2) is 15.2. The molecule has 0 bridgehead atoms. The quantitative estimate of drug-likeness (QED) is 0.238. The minimum atomic E-state index is -1.13. The van der Waals surface area contributed by atoms with E-state index in [1.54, 1.807) is 42.5 Å². The molecule has 11 heteroatoms. The summed E-state index contributed by atoms with van der Waals surface area (Å²) in [6.07, 6.45) is 2.11. The Morgan fingerprint density at radius 3 is 2.41 bits per heavy atom. The molecule has 1 atom stereocenters. The third kappa shape index (κ3) is 8.71. The number of ether oxygens (including phenoxy) is 1. The molecule has 41 heavy (non-hydrogen) atoms. The number of amides is 1. The average molecular weight is 594 g/mol. The van der Waals surface area contributed by atoms with Gasteiger partial charge in [0, 0.05) is 16.7 Å². The fraction of sp³-hybridized carbons (Fsp3) is 0.200. The first-order valence-electron chi connectivity index (χ1n) is 12.3. The van der Waals surface area contributed by atoms with Crippen molar-refractivity contribution in [1.82, 2.24) is 5.32 Å². The van der Waals surface area contributed by atoms with E-state index in [4.69, 9.17) is 20.8 Å². The van der Waals surface area contributed by atoms with E-state index in [0.717, 1.165) is 11.6 Å². The molecule has 0 fully saturated rings. The first kappa shape index (κ1) is 32.5. The molecular weight excluding hydrogens is 567 g/mol. The zero-order valence-electron chi connectivity index (χ0n) is 23.5. The molecule has 0 radical (unpaired) electrons. The van der Waals surface area contributed by atoms with Crippen molar-refractivity contribution in [3.8, 4) is 22.5 Å². The number of furan rings is 1. The number of thioether (sulfide) groups is 1. The molecule has 0 saturated carbocycles. The Hall–Kier alpha value is -3.06. The topological polar surface area (TPSA) is 88.8 Å². The van der Waals surface area contributed by atoms with Crippen molar-refractivity contribution in [3.05, 3.63) is 106 Å². The molecule has 1 amide bonds. The number of aliphatic carboxylic acids is 1. The van der Waals surface area contributed by atoms with E-state index in [-0.39, 0.29) is 56.3 Å². The van der Waals surface area contributed by atoms with Gasteiger partial charge in [0.1, 0.15) is 35.8 Å². The van der Waals surface area contributed by atoms with Crippen LogP contribution in [0.5, 0.6) is 0 Å². The van der Waals surface area contributed by atoms with Crippen molar-refractivity contribution < 1.29 is 52.9 Å². The van der Waals surface area contributed by atoms with Crippen molar-refractivity contribution in [1.29, 1.82) is 0 Å². The molecule has 0 saturated heterocycles. The third-order valence-corrected chi connectivity index (χ3v) is 7.02. The zero-order valence-corrected chi connectivity index (χ0v) is 24.0. The number of carboxylic acid groups (broad SMARTS) is 1. The van der Waals surface area contributed by atoms with E-state index >= 15 is 0 Å². The molecule has 4 rings (SSSR count). The fourth-order valence-corrected chi connectivity index (χ4v) is 4.77. The Bertz CT molecular complexity index is 1510. The number of nitrogens with one attached hydrogen (secondary N) is 1. The van der Waals surface area contributed by atoms with Gasteiger partial charge < -0.3 is 21.0 Å². The molecule has 210 valence electrons. The van der Waals surface area contributed by atoms with Crippen LogP contribution in [-0.2, 0) is 22.7 Å². The second-order valence-corrected chi connectivity index (χ2v) is 10.3. The number of hydrogen-bond donors (Lipinski definition) is 2. The molecule has 0 aliphatic carbocycles. The van der Waals surface area contributed by atoms with Crippen LogP contribution in [0.15, 0.2) is 77.2 Å². The minimum absolute atomic E-state index is 0. The number of halogens is 3. The molecule has 6 nitrogen and oxygen atoms in total. The van der Waals surface area contributed by atoms with Gasteiger partial charge in [0.25, 0.3) is 5.91 Å². The van der Waals surface area contributed by atoms with Crippen LogP contribution in [0.25, 0.3) is 22.5 Å². The van der Waals surface area contributed by atoms with E-state index in [1.807, 2.05) is 6.26 Å². The Morgan fingerprint density at radius 2 is 1.73 bits per heavy atom. The van der Waals surface area contributed by atoms with Gasteiger partial charge in [-0.3, -0.25) is 4.79 Å². The van der Waals surface area contributed by atoms with Gasteiger partial charge in [0.15, 0.2) is 0 Å². The van der Waals surface area contributed by atoms with Crippen molar-refractivity contribution in [3.63, 3.8) is 0 Å². The summed E-state index contributed by atoms with van der Waals surface area (Å²) in [5, 5.41) is 12.2. The first-order chi connectivity index (χ1) is 19.2. The summed E-state index contributed by atoms with van der Waals surface area (Å²) >= 11 is 7.81. The van der Waals surface area contributed by atoms with Crippen LogP contribution in [0, 0.1) is 11.6 Å². The van der Waals surface area contributed by atoms with Crippen LogP contribution in [-0.4, -0.2) is 35.0 Å². The zero-order chi connectivity index (χ0) is 28.6. The predicted octanol–water partition coefficient (Wildman–Crippen LogP) is 4.31. The standard InChI is InChI=1S/C30H26ClF2NO5S.Li.H/c1-40-13-12-27(30(36)37)34-29(35)24-9-2-18(14-25(24)23-10-7-21(33)15-26(23)31)16-38-17-22-8-11-28(39-22)19-3-5-20(32)6-4-19;;/h2-11,14-15,27H,12-13,16-17H2,1H3,(H,34,35)(H,36,37);;/q;+1;-1. The number of carbonyl (C=O) groups excluding carboxylic acids is 1. The van der Waals surface area contributed by atoms with Crippen molar-refractivity contribution in [2.24, 2.45) is 0 Å². The van der Waals surface area contributed by atoms with Crippen LogP contribution in [0.1, 0.15) is 29.5 Å². The summed E-state index contributed by atoms with van der Waals surface area (Å²) in [4.78, 5) is 24.9. The molecule has 0 spiro atoms. The number of hydrogen-bond acceptors (Lipinski definition) is 5. The Kier molecular flexibility index (Phi) is 12.1. The van der Waals surface area contributed by atoms with E-state index in [1.165, 1.54) is 36.0 Å². The summed E-state index contributed by atoms with van der Waals surface area (Å²) in [6.45, 7) is 0.317. The number of benzene rings is 3. The van der Waals surface area contributed by atoms with Crippen LogP contribution in [0.2, 0.25) is 5.02 Å². The molecule has 1 aromatic heterocycles. The van der Waals surface area contributed by atoms with Crippen LogP contribution < -0.4 is 24.2 Å². The van der Waals surface area contributed by atoms with Crippen LogP contribution in [0.3, 0.4) is 0 Å². The van der Waals surface area contributed by atoms with E-state index < -0.39 is 23.7 Å². The van der Waals surface area contributed by atoms with E-state index in [2.05, 4.69) is 5.32 Å².